The van der Waals surface area contributed by atoms with Gasteiger partial charge in [-0.15, -0.1) is 12.4 Å². The first-order chi connectivity index (χ1) is 6.38. The SMILES string of the molecule is Cl.N#N.Nc1cccc2ccccc12. The molecule has 0 aliphatic rings. The fourth-order valence-electron chi connectivity index (χ4n) is 1.25. The molecular weight excluding hydrogens is 198 g/mol. The van der Waals surface area contributed by atoms with Gasteiger partial charge in [0, 0.05) is 21.9 Å². The van der Waals surface area contributed by atoms with Gasteiger partial charge >= 0.3 is 0 Å². The van der Waals surface area contributed by atoms with Crippen molar-refractivity contribution < 1.29 is 0 Å². The summed E-state index contributed by atoms with van der Waals surface area (Å²) in [7, 11) is 0. The number of fused-ring (bicyclic) bond motifs is 1. The molecule has 2 rings (SSSR count). The molecule has 0 amide bonds. The maximum absolute atomic E-state index is 6.00. The molecule has 3 nitrogen and oxygen atoms in total. The Kier molecular flexibility index (Phi) is 5.05. The molecule has 4 heteroatoms. The van der Waals surface area contributed by atoms with Crippen LogP contribution in [0.2, 0.25) is 0 Å². The van der Waals surface area contributed by atoms with Gasteiger partial charge in [0.05, 0.1) is 0 Å². The molecular formula is C10H10ClN3. The van der Waals surface area contributed by atoms with Crippen LogP contribution in [0, 0.1) is 10.8 Å². The number of halogens is 1. The van der Waals surface area contributed by atoms with Crippen LogP contribution >= 0.6 is 12.4 Å². The van der Waals surface area contributed by atoms with Crippen LogP contribution in [0.1, 0.15) is 0 Å². The summed E-state index contributed by atoms with van der Waals surface area (Å²) in [6, 6.07) is 14.1. The number of hydrogen-bond acceptors (Lipinski definition) is 3. The Morgan fingerprint density at radius 1 is 0.857 bits per heavy atom. The third kappa shape index (κ3) is 2.35. The monoisotopic (exact) mass is 207 g/mol. The van der Waals surface area contributed by atoms with Gasteiger partial charge in [-0.3, -0.25) is 0 Å². The van der Waals surface area contributed by atoms with Crippen LogP contribution in [0.15, 0.2) is 42.5 Å². The third-order valence-corrected chi connectivity index (χ3v) is 1.82. The van der Waals surface area contributed by atoms with Gasteiger partial charge in [-0.25, -0.2) is 0 Å². The molecule has 0 spiro atoms. The van der Waals surface area contributed by atoms with Crippen molar-refractivity contribution in [1.82, 2.24) is 0 Å². The van der Waals surface area contributed by atoms with Crippen molar-refractivity contribution in [1.29, 1.82) is 10.8 Å². The van der Waals surface area contributed by atoms with E-state index in [4.69, 9.17) is 16.5 Å². The fraction of sp³-hybridized carbons (Fsp3) is 0. The van der Waals surface area contributed by atoms with Crippen molar-refractivity contribution in [3.63, 3.8) is 0 Å². The maximum Gasteiger partial charge on any atom is 0.0393 e. The molecule has 0 fully saturated rings. The Morgan fingerprint density at radius 3 is 2.07 bits per heavy atom. The van der Waals surface area contributed by atoms with Crippen LogP contribution in [-0.2, 0) is 0 Å². The van der Waals surface area contributed by atoms with Crippen molar-refractivity contribution in [3.8, 4) is 0 Å². The summed E-state index contributed by atoms with van der Waals surface area (Å²) in [4.78, 5) is 0. The minimum absolute atomic E-state index is 0. The van der Waals surface area contributed by atoms with Crippen molar-refractivity contribution >= 4 is 28.9 Å². The van der Waals surface area contributed by atoms with Crippen molar-refractivity contribution in [2.24, 2.45) is 0 Å². The van der Waals surface area contributed by atoms with Crippen LogP contribution in [0.4, 0.5) is 5.69 Å². The summed E-state index contributed by atoms with van der Waals surface area (Å²) in [6.45, 7) is 0. The van der Waals surface area contributed by atoms with Gasteiger partial charge in [0.1, 0.15) is 0 Å². The smallest absolute Gasteiger partial charge is 0.0393 e. The zero-order chi connectivity index (χ0) is 9.68. The van der Waals surface area contributed by atoms with E-state index in [1.807, 2.05) is 30.3 Å². The number of rotatable bonds is 0. The van der Waals surface area contributed by atoms with Crippen molar-refractivity contribution in [3.05, 3.63) is 42.5 Å². The van der Waals surface area contributed by atoms with E-state index in [2.05, 4.69) is 12.1 Å². The highest BCUT2D eigenvalue weighted by Crippen LogP contribution is 2.19. The highest BCUT2D eigenvalue weighted by atomic mass is 35.5. The molecule has 0 saturated carbocycles. The summed E-state index contributed by atoms with van der Waals surface area (Å²) >= 11 is 0. The van der Waals surface area contributed by atoms with Crippen LogP contribution in [0.5, 0.6) is 0 Å². The van der Waals surface area contributed by atoms with Crippen LogP contribution in [-0.4, -0.2) is 0 Å². The topological polar surface area (TPSA) is 73.6 Å². The molecule has 2 N–H and O–H groups in total. The molecule has 72 valence electrons. The lowest BCUT2D eigenvalue weighted by Gasteiger charge is -1.98. The van der Waals surface area contributed by atoms with E-state index in [1.165, 1.54) is 5.39 Å². The zero-order valence-corrected chi connectivity index (χ0v) is 8.24. The Balaban J connectivity index is 0.000000531. The van der Waals surface area contributed by atoms with Gasteiger partial charge in [0.15, 0.2) is 0 Å². The van der Waals surface area contributed by atoms with Gasteiger partial charge in [0.2, 0.25) is 0 Å². The highest BCUT2D eigenvalue weighted by Gasteiger charge is 1.92. The lowest BCUT2D eigenvalue weighted by atomic mass is 10.1. The molecule has 0 aliphatic heterocycles. The van der Waals surface area contributed by atoms with E-state index >= 15 is 0 Å². The quantitative estimate of drug-likeness (QED) is 0.533. The number of nitrogen functional groups attached to an aromatic ring is 1. The van der Waals surface area contributed by atoms with Crippen molar-refractivity contribution in [2.45, 2.75) is 0 Å². The second kappa shape index (κ2) is 5.79. The Bertz CT molecular complexity index is 420. The second-order valence-corrected chi connectivity index (χ2v) is 2.57. The zero-order valence-electron chi connectivity index (χ0n) is 7.42. The molecule has 14 heavy (non-hydrogen) atoms. The Labute approximate surface area is 88.4 Å². The first-order valence-electron chi connectivity index (χ1n) is 3.81. The predicted octanol–water partition coefficient (Wildman–Crippen LogP) is 2.87. The lowest BCUT2D eigenvalue weighted by molar-refractivity contribution is 1.15. The van der Waals surface area contributed by atoms with Gasteiger partial charge < -0.3 is 5.73 Å². The second-order valence-electron chi connectivity index (χ2n) is 2.57. The molecule has 0 unspecified atom stereocenters. The number of nitrogens with two attached hydrogens (primary N) is 1. The van der Waals surface area contributed by atoms with Gasteiger partial charge in [-0.05, 0) is 11.5 Å². The molecule has 0 bridgehead atoms. The summed E-state index contributed by atoms with van der Waals surface area (Å²) in [5, 5.41) is 14.3. The van der Waals surface area contributed by atoms with E-state index in [0.717, 1.165) is 11.1 Å². The highest BCUT2D eigenvalue weighted by molar-refractivity contribution is 5.92. The number of hydrogen-bond donors (Lipinski definition) is 1. The summed E-state index contributed by atoms with van der Waals surface area (Å²) in [5.74, 6) is 0. The summed E-state index contributed by atoms with van der Waals surface area (Å²) < 4.78 is 0. The van der Waals surface area contributed by atoms with E-state index in [0.29, 0.717) is 0 Å². The Hall–Kier alpha value is -1.79. The fourth-order valence-corrected chi connectivity index (χ4v) is 1.25. The van der Waals surface area contributed by atoms with Crippen LogP contribution in [0.3, 0.4) is 0 Å². The number of nitrogens with zero attached hydrogens (tertiary/aromatic N) is 2. The molecule has 2 aromatic rings. The normalized spacial score (nSPS) is 8.14. The van der Waals surface area contributed by atoms with E-state index < -0.39 is 0 Å². The minimum Gasteiger partial charge on any atom is -0.398 e. The van der Waals surface area contributed by atoms with Gasteiger partial charge in [0.25, 0.3) is 0 Å². The maximum atomic E-state index is 6.00. The van der Waals surface area contributed by atoms with E-state index in [1.54, 1.807) is 0 Å². The molecule has 0 aliphatic carbocycles. The average molecular weight is 208 g/mol. The predicted molar refractivity (Wildman–Crippen MR) is 59.1 cm³/mol. The summed E-state index contributed by atoms with van der Waals surface area (Å²) in [6.07, 6.45) is 0. The molecule has 0 heterocycles. The minimum atomic E-state index is 0. The van der Waals surface area contributed by atoms with Crippen LogP contribution < -0.4 is 5.73 Å². The van der Waals surface area contributed by atoms with E-state index in [9.17, 15) is 0 Å². The van der Waals surface area contributed by atoms with Gasteiger partial charge in [-0.1, -0.05) is 36.4 Å². The van der Waals surface area contributed by atoms with Gasteiger partial charge in [-0.2, -0.15) is 0 Å². The standard InChI is InChI=1S/C10H9N.ClH.N2/c11-10-7-3-5-8-4-1-2-6-9(8)10;;1-2/h1-7H,11H2;1H;. The Morgan fingerprint density at radius 2 is 1.43 bits per heavy atom. The summed E-state index contributed by atoms with van der Waals surface area (Å²) in [5.41, 5.74) is 6.61. The molecule has 0 aromatic heterocycles. The molecule has 0 atom stereocenters. The lowest BCUT2D eigenvalue weighted by Crippen LogP contribution is -1.84. The first-order valence-corrected chi connectivity index (χ1v) is 3.81. The third-order valence-electron chi connectivity index (χ3n) is 1.82. The molecule has 0 radical (unpaired) electrons. The number of benzene rings is 2. The van der Waals surface area contributed by atoms with E-state index in [-0.39, 0.29) is 12.4 Å². The molecule has 2 aromatic carbocycles. The van der Waals surface area contributed by atoms with Crippen LogP contribution in [0.25, 0.3) is 10.8 Å². The van der Waals surface area contributed by atoms with Crippen molar-refractivity contribution in [2.75, 3.05) is 5.73 Å². The first kappa shape index (κ1) is 12.2. The average Bonchev–Trinajstić information content (AvgIpc) is 2.22. The number of anilines is 1. The largest absolute Gasteiger partial charge is 0.398 e. The molecule has 0 saturated heterocycles.